The number of aliphatic imine (C=N–C) groups is 1. The maximum absolute atomic E-state index is 8.28. The Labute approximate surface area is 78.4 Å². The molecule has 1 N–H and O–H groups in total. The minimum absolute atomic E-state index is 0. The molecule has 0 spiro atoms. The van der Waals surface area contributed by atoms with Gasteiger partial charge in [-0.05, 0) is 12.8 Å². The molecule has 1 saturated carbocycles. The summed E-state index contributed by atoms with van der Waals surface area (Å²) in [6.45, 7) is 0. The zero-order valence-electron chi connectivity index (χ0n) is 7.27. The van der Waals surface area contributed by atoms with E-state index < -0.39 is 0 Å². The Hall–Kier alpha value is -0.770. The van der Waals surface area contributed by atoms with Crippen LogP contribution in [0.2, 0.25) is 0 Å². The number of hydrogen-bond acceptors (Lipinski definition) is 3. The van der Waals surface area contributed by atoms with E-state index in [1.807, 2.05) is 19.0 Å². The van der Waals surface area contributed by atoms with Gasteiger partial charge in [-0.3, -0.25) is 4.99 Å². The van der Waals surface area contributed by atoms with Crippen molar-refractivity contribution in [2.75, 3.05) is 14.1 Å². The first-order chi connectivity index (χ1) is 5.24. The van der Waals surface area contributed by atoms with Gasteiger partial charge in [0.05, 0.1) is 6.04 Å². The van der Waals surface area contributed by atoms with Crippen LogP contribution in [0.15, 0.2) is 10.1 Å². The minimum atomic E-state index is 0. The summed E-state index contributed by atoms with van der Waals surface area (Å²) in [5.41, 5.74) is 0. The van der Waals surface area contributed by atoms with Crippen molar-refractivity contribution in [3.8, 4) is 0 Å². The van der Waals surface area contributed by atoms with Gasteiger partial charge in [-0.2, -0.15) is 0 Å². The van der Waals surface area contributed by atoms with Crippen LogP contribution in [0, 0.1) is 0 Å². The molecule has 0 aliphatic heterocycles. The molecule has 0 atom stereocenters. The zero-order valence-corrected chi connectivity index (χ0v) is 8.08. The molecular weight excluding hydrogens is 178 g/mol. The van der Waals surface area contributed by atoms with Crippen LogP contribution >= 0.6 is 12.4 Å². The summed E-state index contributed by atoms with van der Waals surface area (Å²) < 4.78 is 0. The lowest BCUT2D eigenvalue weighted by Crippen LogP contribution is -2.23. The molecule has 0 heterocycles. The average Bonchev–Trinajstić information content (AvgIpc) is 2.70. The molecule has 70 valence electrons. The third-order valence-corrected chi connectivity index (χ3v) is 1.49. The summed E-state index contributed by atoms with van der Waals surface area (Å²) in [5, 5.41) is 11.2. The van der Waals surface area contributed by atoms with E-state index in [4.69, 9.17) is 5.21 Å². The number of oxime groups is 1. The highest BCUT2D eigenvalue weighted by atomic mass is 35.5. The summed E-state index contributed by atoms with van der Waals surface area (Å²) >= 11 is 0. The van der Waals surface area contributed by atoms with Crippen molar-refractivity contribution < 1.29 is 5.21 Å². The molecule has 12 heavy (non-hydrogen) atoms. The summed E-state index contributed by atoms with van der Waals surface area (Å²) in [7, 11) is 3.76. The first kappa shape index (κ1) is 11.2. The fourth-order valence-corrected chi connectivity index (χ4v) is 0.707. The molecule has 1 aliphatic rings. The van der Waals surface area contributed by atoms with E-state index in [1.165, 1.54) is 6.21 Å². The molecule has 1 fully saturated rings. The molecule has 1 aliphatic carbocycles. The van der Waals surface area contributed by atoms with E-state index in [1.54, 1.807) is 0 Å². The Kier molecular flexibility index (Phi) is 4.66. The van der Waals surface area contributed by atoms with Crippen LogP contribution in [-0.4, -0.2) is 42.3 Å². The number of rotatable bonds is 2. The molecule has 4 nitrogen and oxygen atoms in total. The van der Waals surface area contributed by atoms with Gasteiger partial charge in [0.2, 0.25) is 0 Å². The van der Waals surface area contributed by atoms with E-state index in [0.29, 0.717) is 6.04 Å². The number of amidine groups is 1. The van der Waals surface area contributed by atoms with E-state index in [2.05, 4.69) is 10.1 Å². The van der Waals surface area contributed by atoms with Crippen molar-refractivity contribution in [3.63, 3.8) is 0 Å². The Morgan fingerprint density at radius 1 is 1.50 bits per heavy atom. The molecule has 1 rings (SSSR count). The highest BCUT2D eigenvalue weighted by Crippen LogP contribution is 2.23. The monoisotopic (exact) mass is 191 g/mol. The van der Waals surface area contributed by atoms with Crippen LogP contribution in [-0.2, 0) is 0 Å². The third kappa shape index (κ3) is 3.57. The van der Waals surface area contributed by atoms with Gasteiger partial charge in [-0.15, -0.1) is 12.4 Å². The van der Waals surface area contributed by atoms with E-state index in [9.17, 15) is 0 Å². The van der Waals surface area contributed by atoms with Gasteiger partial charge in [0, 0.05) is 14.1 Å². The lowest BCUT2D eigenvalue weighted by atomic mass is 10.5. The predicted octanol–water partition coefficient (Wildman–Crippen LogP) is 0.991. The average molecular weight is 192 g/mol. The Bertz CT molecular complexity index is 187. The molecule has 0 radical (unpaired) electrons. The molecule has 0 aromatic heterocycles. The fraction of sp³-hybridized carbons (Fsp3) is 0.714. The highest BCUT2D eigenvalue weighted by Gasteiger charge is 2.20. The Morgan fingerprint density at radius 3 is 2.42 bits per heavy atom. The standard InChI is InChI=1S/C7H13N3O.ClH/c1-10(2)7(5-8-11)9-6-3-4-6;/h5-6,11H,3-4H2,1-2H3;1H. The van der Waals surface area contributed by atoms with Gasteiger partial charge >= 0.3 is 0 Å². The minimum Gasteiger partial charge on any atom is -0.411 e. The molecule has 0 aromatic carbocycles. The van der Waals surface area contributed by atoms with Crippen LogP contribution in [0.3, 0.4) is 0 Å². The van der Waals surface area contributed by atoms with Crippen molar-refractivity contribution in [1.82, 2.24) is 4.90 Å². The van der Waals surface area contributed by atoms with Gasteiger partial charge in [0.25, 0.3) is 0 Å². The van der Waals surface area contributed by atoms with Crippen molar-refractivity contribution >= 4 is 24.5 Å². The summed E-state index contributed by atoms with van der Waals surface area (Å²) in [6.07, 6.45) is 3.69. The molecule has 0 saturated heterocycles. The van der Waals surface area contributed by atoms with Gasteiger partial charge < -0.3 is 10.1 Å². The second-order valence-electron chi connectivity index (χ2n) is 2.86. The van der Waals surface area contributed by atoms with E-state index in [0.717, 1.165) is 18.7 Å². The lowest BCUT2D eigenvalue weighted by molar-refractivity contribution is 0.322. The first-order valence-electron chi connectivity index (χ1n) is 3.66. The maximum Gasteiger partial charge on any atom is 0.145 e. The summed E-state index contributed by atoms with van der Waals surface area (Å²) in [5.74, 6) is 0.731. The number of nitrogens with zero attached hydrogens (tertiary/aromatic N) is 3. The molecule has 5 heteroatoms. The molecule has 0 amide bonds. The van der Waals surface area contributed by atoms with Crippen molar-refractivity contribution in [1.29, 1.82) is 0 Å². The number of hydrogen-bond donors (Lipinski definition) is 1. The second kappa shape index (κ2) is 4.98. The topological polar surface area (TPSA) is 48.2 Å². The van der Waals surface area contributed by atoms with Crippen molar-refractivity contribution in [3.05, 3.63) is 0 Å². The van der Waals surface area contributed by atoms with Crippen LogP contribution in [0.25, 0.3) is 0 Å². The summed E-state index contributed by atoms with van der Waals surface area (Å²) in [4.78, 5) is 6.14. The van der Waals surface area contributed by atoms with Crippen molar-refractivity contribution in [2.24, 2.45) is 10.1 Å². The molecular formula is C7H14ClN3O. The van der Waals surface area contributed by atoms with Gasteiger partial charge in [-0.1, -0.05) is 5.16 Å². The van der Waals surface area contributed by atoms with Gasteiger partial charge in [-0.25, -0.2) is 0 Å². The van der Waals surface area contributed by atoms with Crippen LogP contribution in [0.4, 0.5) is 0 Å². The molecule has 0 bridgehead atoms. The smallest absolute Gasteiger partial charge is 0.145 e. The Balaban J connectivity index is 0.00000121. The van der Waals surface area contributed by atoms with Crippen LogP contribution < -0.4 is 0 Å². The second-order valence-corrected chi connectivity index (χ2v) is 2.86. The van der Waals surface area contributed by atoms with E-state index in [-0.39, 0.29) is 12.4 Å². The quantitative estimate of drug-likeness (QED) is 0.306. The zero-order chi connectivity index (χ0) is 8.27. The van der Waals surface area contributed by atoms with E-state index >= 15 is 0 Å². The number of halogens is 1. The maximum atomic E-state index is 8.28. The van der Waals surface area contributed by atoms with Crippen LogP contribution in [0.1, 0.15) is 12.8 Å². The van der Waals surface area contributed by atoms with Crippen molar-refractivity contribution in [2.45, 2.75) is 18.9 Å². The largest absolute Gasteiger partial charge is 0.411 e. The van der Waals surface area contributed by atoms with Gasteiger partial charge in [0.15, 0.2) is 0 Å². The SMILES string of the molecule is CN(C)C(C=NO)=NC1CC1.Cl. The summed E-state index contributed by atoms with van der Waals surface area (Å²) in [6, 6.07) is 0.463. The predicted molar refractivity (Wildman–Crippen MR) is 51.7 cm³/mol. The molecule has 0 aromatic rings. The van der Waals surface area contributed by atoms with Crippen LogP contribution in [0.5, 0.6) is 0 Å². The third-order valence-electron chi connectivity index (χ3n) is 1.49. The lowest BCUT2D eigenvalue weighted by Gasteiger charge is -2.10. The van der Waals surface area contributed by atoms with Gasteiger partial charge in [0.1, 0.15) is 12.1 Å². The molecule has 0 unspecified atom stereocenters. The normalized spacial score (nSPS) is 17.7. The first-order valence-corrected chi connectivity index (χ1v) is 3.66. The Morgan fingerprint density at radius 2 is 2.08 bits per heavy atom. The fourth-order valence-electron chi connectivity index (χ4n) is 0.707. The highest BCUT2D eigenvalue weighted by molar-refractivity contribution is 6.29.